The van der Waals surface area contributed by atoms with Gasteiger partial charge in [-0.05, 0) is 24.5 Å². The SMILES string of the molecule is Cn1cc(CNCC2(O)CCCCCC2)cc1C#N. The second-order valence-electron chi connectivity index (χ2n) is 5.70. The molecule has 0 unspecified atom stereocenters. The van der Waals surface area contributed by atoms with Crippen molar-refractivity contribution in [2.75, 3.05) is 6.54 Å². The number of hydrogen-bond acceptors (Lipinski definition) is 3. The molecule has 2 N–H and O–H groups in total. The van der Waals surface area contributed by atoms with Crippen LogP contribution < -0.4 is 5.32 Å². The highest BCUT2D eigenvalue weighted by Crippen LogP contribution is 2.26. The van der Waals surface area contributed by atoms with E-state index in [2.05, 4.69) is 11.4 Å². The number of aromatic nitrogens is 1. The maximum atomic E-state index is 10.5. The van der Waals surface area contributed by atoms with Crippen LogP contribution in [0.3, 0.4) is 0 Å². The third kappa shape index (κ3) is 3.82. The molecule has 19 heavy (non-hydrogen) atoms. The molecule has 1 fully saturated rings. The molecule has 1 aliphatic rings. The Hall–Kier alpha value is -1.31. The van der Waals surface area contributed by atoms with Crippen LogP contribution in [-0.4, -0.2) is 21.8 Å². The van der Waals surface area contributed by atoms with Gasteiger partial charge in [0.1, 0.15) is 11.8 Å². The van der Waals surface area contributed by atoms with Crippen LogP contribution in [0.5, 0.6) is 0 Å². The molecule has 0 spiro atoms. The van der Waals surface area contributed by atoms with Gasteiger partial charge in [-0.15, -0.1) is 0 Å². The van der Waals surface area contributed by atoms with Crippen molar-refractivity contribution in [3.05, 3.63) is 23.5 Å². The summed E-state index contributed by atoms with van der Waals surface area (Å²) in [5.41, 5.74) is 1.23. The molecule has 104 valence electrons. The monoisotopic (exact) mass is 261 g/mol. The molecule has 0 aliphatic heterocycles. The average Bonchev–Trinajstić information content (AvgIpc) is 2.59. The molecule has 1 aliphatic carbocycles. The Bertz CT molecular complexity index is 450. The molecule has 0 atom stereocenters. The molecule has 0 radical (unpaired) electrons. The first-order chi connectivity index (χ1) is 9.13. The normalized spacial score (nSPS) is 18.8. The van der Waals surface area contributed by atoms with Crippen LogP contribution in [-0.2, 0) is 13.6 Å². The van der Waals surface area contributed by atoms with Gasteiger partial charge in [0, 0.05) is 26.3 Å². The van der Waals surface area contributed by atoms with Crippen molar-refractivity contribution in [1.29, 1.82) is 5.26 Å². The van der Waals surface area contributed by atoms with E-state index < -0.39 is 5.60 Å². The van der Waals surface area contributed by atoms with E-state index >= 15 is 0 Å². The van der Waals surface area contributed by atoms with Gasteiger partial charge in [0.05, 0.1) is 5.60 Å². The van der Waals surface area contributed by atoms with Gasteiger partial charge in [0.2, 0.25) is 0 Å². The molecule has 4 nitrogen and oxygen atoms in total. The lowest BCUT2D eigenvalue weighted by molar-refractivity contribution is 0.0250. The summed E-state index contributed by atoms with van der Waals surface area (Å²) in [4.78, 5) is 0. The van der Waals surface area contributed by atoms with Crippen LogP contribution >= 0.6 is 0 Å². The average molecular weight is 261 g/mol. The number of aryl methyl sites for hydroxylation is 1. The van der Waals surface area contributed by atoms with Crippen LogP contribution in [0.1, 0.15) is 49.8 Å². The topological polar surface area (TPSA) is 61.0 Å². The van der Waals surface area contributed by atoms with Gasteiger partial charge >= 0.3 is 0 Å². The molecular weight excluding hydrogens is 238 g/mol. The quantitative estimate of drug-likeness (QED) is 0.816. The van der Waals surface area contributed by atoms with E-state index in [1.807, 2.05) is 23.9 Å². The fourth-order valence-corrected chi connectivity index (χ4v) is 2.84. The molecule has 0 saturated heterocycles. The van der Waals surface area contributed by atoms with E-state index in [1.54, 1.807) is 0 Å². The predicted molar refractivity (Wildman–Crippen MR) is 74.5 cm³/mol. The summed E-state index contributed by atoms with van der Waals surface area (Å²) >= 11 is 0. The van der Waals surface area contributed by atoms with E-state index in [4.69, 9.17) is 5.26 Å². The van der Waals surface area contributed by atoms with Gasteiger partial charge in [-0.1, -0.05) is 25.7 Å². The zero-order valence-corrected chi connectivity index (χ0v) is 11.7. The highest BCUT2D eigenvalue weighted by Gasteiger charge is 2.27. The largest absolute Gasteiger partial charge is 0.389 e. The van der Waals surface area contributed by atoms with Gasteiger partial charge in [-0.25, -0.2) is 0 Å². The first-order valence-electron chi connectivity index (χ1n) is 7.11. The Labute approximate surface area is 115 Å². The number of hydrogen-bond donors (Lipinski definition) is 2. The van der Waals surface area contributed by atoms with Crippen molar-refractivity contribution in [3.8, 4) is 6.07 Å². The number of nitrogens with zero attached hydrogens (tertiary/aromatic N) is 2. The Kier molecular flexibility index (Phi) is 4.62. The molecule has 0 amide bonds. The van der Waals surface area contributed by atoms with Crippen LogP contribution in [0.2, 0.25) is 0 Å². The maximum Gasteiger partial charge on any atom is 0.120 e. The summed E-state index contributed by atoms with van der Waals surface area (Å²) in [6, 6.07) is 4.05. The van der Waals surface area contributed by atoms with Crippen LogP contribution in [0.15, 0.2) is 12.3 Å². The number of nitrogens with one attached hydrogen (secondary N) is 1. The van der Waals surface area contributed by atoms with Crippen molar-refractivity contribution < 1.29 is 5.11 Å². The van der Waals surface area contributed by atoms with Crippen molar-refractivity contribution in [1.82, 2.24) is 9.88 Å². The minimum atomic E-state index is -0.538. The van der Waals surface area contributed by atoms with E-state index in [1.165, 1.54) is 12.8 Å². The number of nitriles is 1. The maximum absolute atomic E-state index is 10.5. The molecule has 1 saturated carbocycles. The van der Waals surface area contributed by atoms with E-state index in [0.717, 1.165) is 31.2 Å². The zero-order chi connectivity index (χ0) is 13.7. The lowest BCUT2D eigenvalue weighted by Crippen LogP contribution is -2.39. The molecular formula is C15H23N3O. The standard InChI is InChI=1S/C15H23N3O/c1-18-11-13(8-14(18)9-16)10-17-12-15(19)6-4-2-3-5-7-15/h8,11,17,19H,2-7,10,12H2,1H3. The third-order valence-electron chi connectivity index (χ3n) is 3.99. The van der Waals surface area contributed by atoms with E-state index in [9.17, 15) is 5.11 Å². The fraction of sp³-hybridized carbons (Fsp3) is 0.667. The summed E-state index contributed by atoms with van der Waals surface area (Å²) < 4.78 is 1.83. The summed E-state index contributed by atoms with van der Waals surface area (Å²) in [7, 11) is 1.88. The van der Waals surface area contributed by atoms with Gasteiger partial charge < -0.3 is 15.0 Å². The van der Waals surface area contributed by atoms with Gasteiger partial charge in [0.15, 0.2) is 0 Å². The highest BCUT2D eigenvalue weighted by atomic mass is 16.3. The second-order valence-corrected chi connectivity index (χ2v) is 5.70. The fourth-order valence-electron chi connectivity index (χ4n) is 2.84. The molecule has 1 aromatic heterocycles. The number of rotatable bonds is 4. The summed E-state index contributed by atoms with van der Waals surface area (Å²) in [6.07, 6.45) is 8.50. The Morgan fingerprint density at radius 2 is 2.05 bits per heavy atom. The first kappa shape index (κ1) is 14.1. The zero-order valence-electron chi connectivity index (χ0n) is 11.7. The first-order valence-corrected chi connectivity index (χ1v) is 7.11. The Morgan fingerprint density at radius 1 is 1.37 bits per heavy atom. The minimum absolute atomic E-state index is 0.538. The molecule has 1 aromatic rings. The van der Waals surface area contributed by atoms with Crippen molar-refractivity contribution in [3.63, 3.8) is 0 Å². The lowest BCUT2D eigenvalue weighted by atomic mass is 9.94. The summed E-state index contributed by atoms with van der Waals surface area (Å²) in [5.74, 6) is 0. The Balaban J connectivity index is 1.83. The van der Waals surface area contributed by atoms with E-state index in [0.29, 0.717) is 18.8 Å². The van der Waals surface area contributed by atoms with Gasteiger partial charge in [-0.3, -0.25) is 0 Å². The summed E-state index contributed by atoms with van der Waals surface area (Å²) in [5, 5.41) is 22.7. The minimum Gasteiger partial charge on any atom is -0.389 e. The molecule has 2 rings (SSSR count). The molecule has 0 aromatic carbocycles. The van der Waals surface area contributed by atoms with Gasteiger partial charge in [-0.2, -0.15) is 5.26 Å². The lowest BCUT2D eigenvalue weighted by Gasteiger charge is -2.26. The van der Waals surface area contributed by atoms with Crippen LogP contribution in [0.25, 0.3) is 0 Å². The summed E-state index contributed by atoms with van der Waals surface area (Å²) in [6.45, 7) is 1.35. The Morgan fingerprint density at radius 3 is 2.63 bits per heavy atom. The third-order valence-corrected chi connectivity index (χ3v) is 3.99. The molecule has 4 heteroatoms. The van der Waals surface area contributed by atoms with Crippen molar-refractivity contribution in [2.45, 2.75) is 50.7 Å². The van der Waals surface area contributed by atoms with Crippen molar-refractivity contribution in [2.24, 2.45) is 7.05 Å². The van der Waals surface area contributed by atoms with Crippen LogP contribution in [0, 0.1) is 11.3 Å². The highest BCUT2D eigenvalue weighted by molar-refractivity contribution is 5.28. The number of aliphatic hydroxyl groups is 1. The van der Waals surface area contributed by atoms with Gasteiger partial charge in [0.25, 0.3) is 0 Å². The van der Waals surface area contributed by atoms with Crippen molar-refractivity contribution >= 4 is 0 Å². The van der Waals surface area contributed by atoms with E-state index in [-0.39, 0.29) is 0 Å². The second kappa shape index (κ2) is 6.23. The molecule has 0 bridgehead atoms. The van der Waals surface area contributed by atoms with Crippen LogP contribution in [0.4, 0.5) is 0 Å². The molecule has 1 heterocycles. The predicted octanol–water partition coefficient (Wildman–Crippen LogP) is 2.07. The smallest absolute Gasteiger partial charge is 0.120 e.